The third kappa shape index (κ3) is 5.39. The van der Waals surface area contributed by atoms with Crippen molar-refractivity contribution in [2.75, 3.05) is 17.2 Å². The fraction of sp³-hybridized carbons (Fsp3) is 0.409. The zero-order chi connectivity index (χ0) is 19.2. The second-order valence-electron chi connectivity index (χ2n) is 7.28. The van der Waals surface area contributed by atoms with Crippen LogP contribution in [0.4, 0.5) is 11.6 Å². The van der Waals surface area contributed by atoms with Crippen molar-refractivity contribution in [1.82, 2.24) is 9.97 Å². The molecule has 2 N–H and O–H groups in total. The average Bonchev–Trinajstić information content (AvgIpc) is 2.64. The number of hydrogen-bond donors (Lipinski definition) is 2. The zero-order valence-corrected chi connectivity index (χ0v) is 16.4. The van der Waals surface area contributed by atoms with Gasteiger partial charge in [-0.1, -0.05) is 29.3 Å². The summed E-state index contributed by atoms with van der Waals surface area (Å²) in [6, 6.07) is 7.68. The molecule has 3 rings (SSSR count). The molecule has 0 unspecified atom stereocenters. The summed E-state index contributed by atoms with van der Waals surface area (Å²) in [5, 5.41) is 6.22. The van der Waals surface area contributed by atoms with Crippen molar-refractivity contribution in [2.24, 2.45) is 0 Å². The van der Waals surface area contributed by atoms with Gasteiger partial charge in [-0.2, -0.15) is 0 Å². The van der Waals surface area contributed by atoms with Gasteiger partial charge >= 0.3 is 0 Å². The lowest BCUT2D eigenvalue weighted by Gasteiger charge is -2.13. The Bertz CT molecular complexity index is 857. The summed E-state index contributed by atoms with van der Waals surface area (Å²) < 4.78 is 0. The van der Waals surface area contributed by atoms with Gasteiger partial charge in [0.05, 0.1) is 0 Å². The Balaban J connectivity index is 1.65. The van der Waals surface area contributed by atoms with Gasteiger partial charge in [0.2, 0.25) is 5.95 Å². The number of rotatable bonds is 6. The highest BCUT2D eigenvalue weighted by Gasteiger charge is 2.12. The van der Waals surface area contributed by atoms with Crippen LogP contribution in [-0.2, 0) is 0 Å². The standard InChI is InChI=1S/C22H28N4O/c1-15-9-10-19(16(2)13-15)25-21(27)20-14-17(3)24-22(26-20)23-12-11-18-7-5-4-6-8-18/h7,9-10,13-14H,4-6,8,11-12H2,1-3H3,(H,25,27)(H,23,24,26). The summed E-state index contributed by atoms with van der Waals surface area (Å²) in [6.45, 7) is 6.69. The molecule has 1 heterocycles. The van der Waals surface area contributed by atoms with Crippen LogP contribution in [0.25, 0.3) is 0 Å². The minimum atomic E-state index is -0.217. The van der Waals surface area contributed by atoms with Crippen LogP contribution >= 0.6 is 0 Å². The Kier molecular flexibility index (Phi) is 6.22. The maximum Gasteiger partial charge on any atom is 0.274 e. The quantitative estimate of drug-likeness (QED) is 0.711. The van der Waals surface area contributed by atoms with Crippen molar-refractivity contribution in [3.8, 4) is 0 Å². The van der Waals surface area contributed by atoms with Crippen molar-refractivity contribution in [3.63, 3.8) is 0 Å². The number of allylic oxidation sites excluding steroid dienone is 1. The highest BCUT2D eigenvalue weighted by molar-refractivity contribution is 6.03. The minimum absolute atomic E-state index is 0.217. The summed E-state index contributed by atoms with van der Waals surface area (Å²) >= 11 is 0. The van der Waals surface area contributed by atoms with Gasteiger partial charge in [0.25, 0.3) is 5.91 Å². The SMILES string of the molecule is Cc1ccc(NC(=O)c2cc(C)nc(NCCC3=CCCCC3)n2)c(C)c1. The normalized spacial score (nSPS) is 13.8. The first-order valence-corrected chi connectivity index (χ1v) is 9.67. The van der Waals surface area contributed by atoms with E-state index in [1.54, 1.807) is 6.07 Å². The van der Waals surface area contributed by atoms with Crippen LogP contribution in [0.1, 0.15) is 59.4 Å². The average molecular weight is 364 g/mol. The highest BCUT2D eigenvalue weighted by atomic mass is 16.1. The molecule has 0 saturated carbocycles. The van der Waals surface area contributed by atoms with Crippen LogP contribution in [0, 0.1) is 20.8 Å². The molecular weight excluding hydrogens is 336 g/mol. The highest BCUT2D eigenvalue weighted by Crippen LogP contribution is 2.20. The molecule has 142 valence electrons. The van der Waals surface area contributed by atoms with Gasteiger partial charge in [0.1, 0.15) is 5.69 Å². The number of aromatic nitrogens is 2. The maximum absolute atomic E-state index is 12.6. The molecule has 0 radical (unpaired) electrons. The van der Waals surface area contributed by atoms with Gasteiger partial charge in [-0.15, -0.1) is 0 Å². The molecule has 1 amide bonds. The van der Waals surface area contributed by atoms with Gasteiger partial charge in [-0.05, 0) is 70.6 Å². The molecule has 2 aromatic rings. The lowest BCUT2D eigenvalue weighted by Crippen LogP contribution is -2.17. The van der Waals surface area contributed by atoms with E-state index >= 15 is 0 Å². The number of anilines is 2. The van der Waals surface area contributed by atoms with E-state index in [0.717, 1.165) is 29.9 Å². The fourth-order valence-corrected chi connectivity index (χ4v) is 3.37. The molecule has 0 fully saturated rings. The number of hydrogen-bond acceptors (Lipinski definition) is 4. The Labute approximate surface area is 161 Å². The predicted octanol–water partition coefficient (Wildman–Crippen LogP) is 4.96. The molecule has 27 heavy (non-hydrogen) atoms. The van der Waals surface area contributed by atoms with Crippen LogP contribution in [0.2, 0.25) is 0 Å². The fourth-order valence-electron chi connectivity index (χ4n) is 3.37. The molecule has 1 aromatic heterocycles. The minimum Gasteiger partial charge on any atom is -0.354 e. The van der Waals surface area contributed by atoms with Gasteiger partial charge in [-0.25, -0.2) is 9.97 Å². The predicted molar refractivity (Wildman–Crippen MR) is 110 cm³/mol. The number of amides is 1. The van der Waals surface area contributed by atoms with Crippen LogP contribution in [-0.4, -0.2) is 22.4 Å². The zero-order valence-electron chi connectivity index (χ0n) is 16.4. The molecule has 0 saturated heterocycles. The Hall–Kier alpha value is -2.69. The number of aryl methyl sites for hydroxylation is 3. The third-order valence-corrected chi connectivity index (χ3v) is 4.83. The van der Waals surface area contributed by atoms with E-state index in [-0.39, 0.29) is 5.91 Å². The number of carbonyl (C=O) groups excluding carboxylic acids is 1. The van der Waals surface area contributed by atoms with E-state index in [1.165, 1.54) is 36.8 Å². The third-order valence-electron chi connectivity index (χ3n) is 4.83. The first-order chi connectivity index (χ1) is 13.0. The lowest BCUT2D eigenvalue weighted by atomic mass is 9.97. The van der Waals surface area contributed by atoms with Crippen molar-refractivity contribution in [1.29, 1.82) is 0 Å². The molecule has 0 aliphatic heterocycles. The summed E-state index contributed by atoms with van der Waals surface area (Å²) in [5.41, 5.74) is 5.67. The number of nitrogens with zero attached hydrogens (tertiary/aromatic N) is 2. The molecule has 0 spiro atoms. The molecule has 5 heteroatoms. The number of carbonyl (C=O) groups is 1. The largest absolute Gasteiger partial charge is 0.354 e. The summed E-state index contributed by atoms with van der Waals surface area (Å²) in [7, 11) is 0. The number of benzene rings is 1. The van der Waals surface area contributed by atoms with Crippen LogP contribution in [0.15, 0.2) is 35.9 Å². The van der Waals surface area contributed by atoms with E-state index in [4.69, 9.17) is 0 Å². The van der Waals surface area contributed by atoms with Crippen molar-refractivity contribution in [3.05, 3.63) is 58.4 Å². The monoisotopic (exact) mass is 364 g/mol. The molecular formula is C22H28N4O. The van der Waals surface area contributed by atoms with E-state index in [1.807, 2.05) is 39.0 Å². The maximum atomic E-state index is 12.6. The molecule has 1 aromatic carbocycles. The van der Waals surface area contributed by atoms with Gasteiger partial charge < -0.3 is 10.6 Å². The van der Waals surface area contributed by atoms with Crippen molar-refractivity contribution < 1.29 is 4.79 Å². The summed E-state index contributed by atoms with van der Waals surface area (Å²) in [5.74, 6) is 0.294. The summed E-state index contributed by atoms with van der Waals surface area (Å²) in [6.07, 6.45) is 8.33. The van der Waals surface area contributed by atoms with E-state index in [0.29, 0.717) is 11.6 Å². The first-order valence-electron chi connectivity index (χ1n) is 9.67. The van der Waals surface area contributed by atoms with E-state index in [2.05, 4.69) is 26.7 Å². The van der Waals surface area contributed by atoms with Crippen LogP contribution < -0.4 is 10.6 Å². The molecule has 0 atom stereocenters. The van der Waals surface area contributed by atoms with E-state index < -0.39 is 0 Å². The topological polar surface area (TPSA) is 66.9 Å². The molecule has 1 aliphatic carbocycles. The first kappa shape index (κ1) is 19.1. The van der Waals surface area contributed by atoms with Gasteiger partial charge in [0, 0.05) is 17.9 Å². The summed E-state index contributed by atoms with van der Waals surface area (Å²) in [4.78, 5) is 21.5. The van der Waals surface area contributed by atoms with Crippen molar-refractivity contribution in [2.45, 2.75) is 52.9 Å². The molecule has 5 nitrogen and oxygen atoms in total. The smallest absolute Gasteiger partial charge is 0.274 e. The van der Waals surface area contributed by atoms with Crippen molar-refractivity contribution >= 4 is 17.5 Å². The van der Waals surface area contributed by atoms with E-state index in [9.17, 15) is 4.79 Å². The number of nitrogens with one attached hydrogen (secondary N) is 2. The molecule has 0 bridgehead atoms. The van der Waals surface area contributed by atoms with Crippen LogP contribution in [0.5, 0.6) is 0 Å². The molecule has 1 aliphatic rings. The lowest BCUT2D eigenvalue weighted by molar-refractivity contribution is 0.102. The Morgan fingerprint density at radius 2 is 1.96 bits per heavy atom. The Morgan fingerprint density at radius 3 is 2.70 bits per heavy atom. The second-order valence-corrected chi connectivity index (χ2v) is 7.28. The Morgan fingerprint density at radius 1 is 1.11 bits per heavy atom. The van der Waals surface area contributed by atoms with Gasteiger partial charge in [0.15, 0.2) is 0 Å². The van der Waals surface area contributed by atoms with Gasteiger partial charge in [-0.3, -0.25) is 4.79 Å². The van der Waals surface area contributed by atoms with Crippen LogP contribution in [0.3, 0.4) is 0 Å². The second kappa shape index (κ2) is 8.80.